The van der Waals surface area contributed by atoms with Gasteiger partial charge in [-0.15, -0.1) is 0 Å². The van der Waals surface area contributed by atoms with Crippen LogP contribution in [0.1, 0.15) is 5.56 Å². The molecule has 5 heteroatoms. The van der Waals surface area contributed by atoms with Crippen molar-refractivity contribution in [2.24, 2.45) is 0 Å². The highest BCUT2D eigenvalue weighted by Crippen LogP contribution is 2.24. The lowest BCUT2D eigenvalue weighted by molar-refractivity contribution is 0.461. The number of pyridine rings is 1. The lowest BCUT2D eigenvalue weighted by Crippen LogP contribution is -2.05. The Bertz CT molecular complexity index is 531. The summed E-state index contributed by atoms with van der Waals surface area (Å²) in [5.74, 6) is 0.425. The summed E-state index contributed by atoms with van der Waals surface area (Å²) in [6, 6.07) is 7.84. The fraction of sp³-hybridized carbons (Fsp3) is 0.154. The van der Waals surface area contributed by atoms with Crippen LogP contribution < -0.4 is 10.1 Å². The van der Waals surface area contributed by atoms with Crippen molar-refractivity contribution in [1.29, 1.82) is 0 Å². The van der Waals surface area contributed by atoms with Crippen molar-refractivity contribution in [3.05, 3.63) is 52.9 Å². The van der Waals surface area contributed by atoms with Gasteiger partial charge in [-0.25, -0.2) is 9.37 Å². The minimum Gasteiger partial charge on any atom is -0.439 e. The molecule has 0 radical (unpaired) electrons. The monoisotopic (exact) mass is 266 g/mol. The van der Waals surface area contributed by atoms with Gasteiger partial charge < -0.3 is 10.1 Å². The molecule has 0 atom stereocenters. The van der Waals surface area contributed by atoms with Crippen molar-refractivity contribution in [2.75, 3.05) is 7.05 Å². The van der Waals surface area contributed by atoms with Gasteiger partial charge in [-0.2, -0.15) is 0 Å². The second-order valence-electron chi connectivity index (χ2n) is 3.71. The summed E-state index contributed by atoms with van der Waals surface area (Å²) in [5.41, 5.74) is 1.06. The fourth-order valence-corrected chi connectivity index (χ4v) is 1.61. The fourth-order valence-electron chi connectivity index (χ4n) is 1.44. The standard InChI is InChI=1S/C13H12ClFN2O/c1-16-7-9-2-5-13(17-8-9)18-10-3-4-12(15)11(14)6-10/h2-6,8,16H,7H2,1H3. The van der Waals surface area contributed by atoms with E-state index in [2.05, 4.69) is 10.3 Å². The van der Waals surface area contributed by atoms with Crippen molar-refractivity contribution in [3.8, 4) is 11.6 Å². The summed E-state index contributed by atoms with van der Waals surface area (Å²) in [6.45, 7) is 0.746. The zero-order valence-corrected chi connectivity index (χ0v) is 10.5. The van der Waals surface area contributed by atoms with Crippen LogP contribution in [0.3, 0.4) is 0 Å². The number of hydrogen-bond acceptors (Lipinski definition) is 3. The normalized spacial score (nSPS) is 10.4. The molecule has 2 rings (SSSR count). The molecule has 0 spiro atoms. The van der Waals surface area contributed by atoms with E-state index in [0.717, 1.165) is 12.1 Å². The molecule has 0 unspecified atom stereocenters. The van der Waals surface area contributed by atoms with E-state index in [-0.39, 0.29) is 5.02 Å². The summed E-state index contributed by atoms with van der Waals surface area (Å²) >= 11 is 5.66. The van der Waals surface area contributed by atoms with Crippen LogP contribution in [0.15, 0.2) is 36.5 Å². The molecule has 0 bridgehead atoms. The molecule has 0 aliphatic heterocycles. The van der Waals surface area contributed by atoms with Crippen molar-refractivity contribution >= 4 is 11.6 Å². The predicted molar refractivity (Wildman–Crippen MR) is 68.5 cm³/mol. The van der Waals surface area contributed by atoms with E-state index < -0.39 is 5.82 Å². The zero-order chi connectivity index (χ0) is 13.0. The molecule has 3 nitrogen and oxygen atoms in total. The van der Waals surface area contributed by atoms with Crippen LogP contribution in [0, 0.1) is 5.82 Å². The minimum absolute atomic E-state index is 0.0271. The van der Waals surface area contributed by atoms with Crippen LogP contribution in [0.2, 0.25) is 5.02 Å². The van der Waals surface area contributed by atoms with E-state index in [1.54, 1.807) is 12.3 Å². The van der Waals surface area contributed by atoms with Crippen molar-refractivity contribution in [2.45, 2.75) is 6.54 Å². The Balaban J connectivity index is 2.10. The highest BCUT2D eigenvalue weighted by atomic mass is 35.5. The smallest absolute Gasteiger partial charge is 0.219 e. The van der Waals surface area contributed by atoms with E-state index in [1.165, 1.54) is 18.2 Å². The van der Waals surface area contributed by atoms with Crippen LogP contribution >= 0.6 is 11.6 Å². The van der Waals surface area contributed by atoms with Crippen LogP contribution in [0.4, 0.5) is 4.39 Å². The van der Waals surface area contributed by atoms with Crippen molar-refractivity contribution < 1.29 is 9.13 Å². The zero-order valence-electron chi connectivity index (χ0n) is 9.78. The topological polar surface area (TPSA) is 34.1 Å². The Morgan fingerprint density at radius 2 is 2.17 bits per heavy atom. The number of hydrogen-bond donors (Lipinski definition) is 1. The molecular formula is C13H12ClFN2O. The molecule has 94 valence electrons. The van der Waals surface area contributed by atoms with E-state index in [4.69, 9.17) is 16.3 Å². The lowest BCUT2D eigenvalue weighted by Gasteiger charge is -2.06. The SMILES string of the molecule is CNCc1ccc(Oc2ccc(F)c(Cl)c2)nc1. The summed E-state index contributed by atoms with van der Waals surface area (Å²) in [4.78, 5) is 4.15. The average Bonchev–Trinajstić information content (AvgIpc) is 2.37. The molecule has 0 saturated heterocycles. The molecule has 18 heavy (non-hydrogen) atoms. The van der Waals surface area contributed by atoms with E-state index >= 15 is 0 Å². The highest BCUT2D eigenvalue weighted by Gasteiger charge is 2.03. The first-order valence-electron chi connectivity index (χ1n) is 5.41. The first-order chi connectivity index (χ1) is 8.69. The number of aromatic nitrogens is 1. The maximum absolute atomic E-state index is 13.0. The predicted octanol–water partition coefficient (Wildman–Crippen LogP) is 3.39. The van der Waals surface area contributed by atoms with Gasteiger partial charge in [0.1, 0.15) is 11.6 Å². The van der Waals surface area contributed by atoms with E-state index in [1.807, 2.05) is 13.1 Å². The number of nitrogens with one attached hydrogen (secondary N) is 1. The Morgan fingerprint density at radius 3 is 2.78 bits per heavy atom. The van der Waals surface area contributed by atoms with Gasteiger partial charge in [-0.3, -0.25) is 0 Å². The van der Waals surface area contributed by atoms with Gasteiger partial charge in [0.25, 0.3) is 0 Å². The first kappa shape index (κ1) is 12.8. The molecule has 2 aromatic rings. The van der Waals surface area contributed by atoms with Gasteiger partial charge in [-0.1, -0.05) is 17.7 Å². The van der Waals surface area contributed by atoms with Crippen LogP contribution in [-0.2, 0) is 6.54 Å². The Morgan fingerprint density at radius 1 is 1.33 bits per heavy atom. The number of nitrogens with zero attached hydrogens (tertiary/aromatic N) is 1. The maximum Gasteiger partial charge on any atom is 0.219 e. The third-order valence-corrected chi connectivity index (χ3v) is 2.58. The van der Waals surface area contributed by atoms with Crippen molar-refractivity contribution in [1.82, 2.24) is 10.3 Å². The number of halogens is 2. The number of rotatable bonds is 4. The minimum atomic E-state index is -0.471. The van der Waals surface area contributed by atoms with Crippen LogP contribution in [-0.4, -0.2) is 12.0 Å². The summed E-state index contributed by atoms with van der Waals surface area (Å²) in [7, 11) is 1.87. The van der Waals surface area contributed by atoms with E-state index in [0.29, 0.717) is 11.6 Å². The largest absolute Gasteiger partial charge is 0.439 e. The molecule has 1 aromatic heterocycles. The molecule has 0 saturated carbocycles. The molecular weight excluding hydrogens is 255 g/mol. The maximum atomic E-state index is 13.0. The number of ether oxygens (including phenoxy) is 1. The van der Waals surface area contributed by atoms with Crippen molar-refractivity contribution in [3.63, 3.8) is 0 Å². The lowest BCUT2D eigenvalue weighted by atomic mass is 10.3. The first-order valence-corrected chi connectivity index (χ1v) is 5.79. The molecule has 1 heterocycles. The highest BCUT2D eigenvalue weighted by molar-refractivity contribution is 6.30. The summed E-state index contributed by atoms with van der Waals surface area (Å²) in [6.07, 6.45) is 1.72. The number of benzene rings is 1. The quantitative estimate of drug-likeness (QED) is 0.921. The van der Waals surface area contributed by atoms with Gasteiger partial charge in [0.05, 0.1) is 5.02 Å². The van der Waals surface area contributed by atoms with E-state index in [9.17, 15) is 4.39 Å². The molecule has 1 N–H and O–H groups in total. The van der Waals surface area contributed by atoms with Gasteiger partial charge in [0, 0.05) is 24.9 Å². The molecule has 0 aliphatic carbocycles. The second kappa shape index (κ2) is 5.80. The van der Waals surface area contributed by atoms with Gasteiger partial charge in [0.15, 0.2) is 0 Å². The summed E-state index contributed by atoms with van der Waals surface area (Å²) < 4.78 is 18.4. The second-order valence-corrected chi connectivity index (χ2v) is 4.12. The van der Waals surface area contributed by atoms with Gasteiger partial charge >= 0.3 is 0 Å². The Labute approximate surface area is 110 Å². The molecule has 0 aliphatic rings. The third-order valence-electron chi connectivity index (χ3n) is 2.29. The van der Waals surface area contributed by atoms with Gasteiger partial charge in [0.2, 0.25) is 5.88 Å². The Kier molecular flexibility index (Phi) is 4.12. The van der Waals surface area contributed by atoms with Crippen LogP contribution in [0.25, 0.3) is 0 Å². The molecule has 0 fully saturated rings. The Hall–Kier alpha value is -1.65. The molecule has 1 aromatic carbocycles. The van der Waals surface area contributed by atoms with Gasteiger partial charge in [-0.05, 0) is 24.7 Å². The molecule has 0 amide bonds. The summed E-state index contributed by atoms with van der Waals surface area (Å²) in [5, 5.41) is 3.05. The third kappa shape index (κ3) is 3.18. The average molecular weight is 267 g/mol. The van der Waals surface area contributed by atoms with Crippen LogP contribution in [0.5, 0.6) is 11.6 Å².